The number of aromatic nitrogens is 2. The molecular weight excluding hydrogens is 359 g/mol. The molecule has 0 radical (unpaired) electrons. The number of benzene rings is 1. The quantitative estimate of drug-likeness (QED) is 0.819. The molecule has 6 heteroatoms. The van der Waals surface area contributed by atoms with Crippen molar-refractivity contribution in [2.45, 2.75) is 20.4 Å². The minimum atomic E-state index is -0.155. The van der Waals surface area contributed by atoms with E-state index in [1.165, 1.54) is 0 Å². The molecule has 23 heavy (non-hydrogen) atoms. The maximum absolute atomic E-state index is 14.1. The van der Waals surface area contributed by atoms with Gasteiger partial charge in [0.05, 0.1) is 4.47 Å². The third-order valence-corrected chi connectivity index (χ3v) is 5.02. The molecule has 0 aliphatic carbocycles. The number of hydrogen-bond donors (Lipinski definition) is 0. The zero-order chi connectivity index (χ0) is 16.4. The molecule has 1 aliphatic heterocycles. The average Bonchev–Trinajstić information content (AvgIpc) is 2.55. The van der Waals surface area contributed by atoms with Gasteiger partial charge in [0.1, 0.15) is 18.0 Å². The van der Waals surface area contributed by atoms with E-state index in [-0.39, 0.29) is 5.82 Å². The van der Waals surface area contributed by atoms with E-state index in [0.717, 1.165) is 48.8 Å². The van der Waals surface area contributed by atoms with Crippen LogP contribution in [-0.4, -0.2) is 41.0 Å². The highest BCUT2D eigenvalue weighted by atomic mass is 79.9. The highest BCUT2D eigenvalue weighted by molar-refractivity contribution is 9.10. The highest BCUT2D eigenvalue weighted by Gasteiger charge is 2.21. The standard InChI is InChI=1S/C17H20BrFN4/c1-12-13(2)20-11-21-17(12)23-8-6-22(7-9-23)10-14-4-3-5-15(18)16(14)19/h3-5,11H,6-10H2,1-2H3. The predicted molar refractivity (Wildman–Crippen MR) is 93.1 cm³/mol. The van der Waals surface area contributed by atoms with Crippen LogP contribution in [0.25, 0.3) is 0 Å². The first-order valence-corrected chi connectivity index (χ1v) is 8.54. The topological polar surface area (TPSA) is 32.3 Å². The summed E-state index contributed by atoms with van der Waals surface area (Å²) in [7, 11) is 0. The Morgan fingerprint density at radius 1 is 1.13 bits per heavy atom. The molecule has 1 fully saturated rings. The van der Waals surface area contributed by atoms with Crippen molar-refractivity contribution in [1.29, 1.82) is 0 Å². The summed E-state index contributed by atoms with van der Waals surface area (Å²) in [6, 6.07) is 5.47. The van der Waals surface area contributed by atoms with Crippen LogP contribution in [0.3, 0.4) is 0 Å². The van der Waals surface area contributed by atoms with Gasteiger partial charge in [-0.05, 0) is 35.8 Å². The van der Waals surface area contributed by atoms with Crippen LogP contribution in [0.15, 0.2) is 29.0 Å². The summed E-state index contributed by atoms with van der Waals surface area (Å²) >= 11 is 3.25. The molecule has 0 saturated carbocycles. The maximum atomic E-state index is 14.1. The molecule has 0 atom stereocenters. The van der Waals surface area contributed by atoms with E-state index >= 15 is 0 Å². The Hall–Kier alpha value is -1.53. The van der Waals surface area contributed by atoms with E-state index < -0.39 is 0 Å². The molecule has 1 aromatic heterocycles. The van der Waals surface area contributed by atoms with Crippen LogP contribution in [0.2, 0.25) is 0 Å². The van der Waals surface area contributed by atoms with Crippen LogP contribution in [0, 0.1) is 19.7 Å². The van der Waals surface area contributed by atoms with Crippen molar-refractivity contribution >= 4 is 21.7 Å². The fourth-order valence-corrected chi connectivity index (χ4v) is 3.28. The monoisotopic (exact) mass is 378 g/mol. The summed E-state index contributed by atoms with van der Waals surface area (Å²) in [6.45, 7) is 8.30. The molecule has 0 unspecified atom stereocenters. The Morgan fingerprint density at radius 2 is 1.87 bits per heavy atom. The molecule has 0 amide bonds. The Bertz CT molecular complexity index is 699. The number of anilines is 1. The van der Waals surface area contributed by atoms with Crippen LogP contribution in [0.1, 0.15) is 16.8 Å². The molecule has 0 N–H and O–H groups in total. The van der Waals surface area contributed by atoms with Gasteiger partial charge < -0.3 is 4.90 Å². The Labute approximate surface area is 144 Å². The predicted octanol–water partition coefficient (Wildman–Crippen LogP) is 3.32. The van der Waals surface area contributed by atoms with Crippen molar-refractivity contribution < 1.29 is 4.39 Å². The second-order valence-electron chi connectivity index (χ2n) is 5.88. The first-order chi connectivity index (χ1) is 11.1. The summed E-state index contributed by atoms with van der Waals surface area (Å²) in [5, 5.41) is 0. The van der Waals surface area contributed by atoms with Gasteiger partial charge in [0.25, 0.3) is 0 Å². The van der Waals surface area contributed by atoms with E-state index in [4.69, 9.17) is 0 Å². The first-order valence-electron chi connectivity index (χ1n) is 7.74. The zero-order valence-electron chi connectivity index (χ0n) is 13.4. The number of nitrogens with zero attached hydrogens (tertiary/aromatic N) is 4. The lowest BCUT2D eigenvalue weighted by molar-refractivity contribution is 0.246. The van der Waals surface area contributed by atoms with E-state index in [9.17, 15) is 4.39 Å². The van der Waals surface area contributed by atoms with E-state index in [1.54, 1.807) is 12.4 Å². The van der Waals surface area contributed by atoms with Gasteiger partial charge in [0, 0.05) is 49.5 Å². The highest BCUT2D eigenvalue weighted by Crippen LogP contribution is 2.22. The van der Waals surface area contributed by atoms with Crippen molar-refractivity contribution in [3.05, 3.63) is 51.6 Å². The lowest BCUT2D eigenvalue weighted by Gasteiger charge is -2.36. The SMILES string of the molecule is Cc1ncnc(N2CCN(Cc3cccc(Br)c3F)CC2)c1C. The Kier molecular flexibility index (Phi) is 4.92. The molecule has 0 spiro atoms. The van der Waals surface area contributed by atoms with E-state index in [1.807, 2.05) is 19.1 Å². The van der Waals surface area contributed by atoms with Gasteiger partial charge in [-0.1, -0.05) is 12.1 Å². The number of halogens is 2. The largest absolute Gasteiger partial charge is 0.354 e. The fraction of sp³-hybridized carbons (Fsp3) is 0.412. The van der Waals surface area contributed by atoms with Crippen molar-refractivity contribution in [3.8, 4) is 0 Å². The summed E-state index contributed by atoms with van der Waals surface area (Å²) in [4.78, 5) is 13.2. The van der Waals surface area contributed by atoms with Crippen LogP contribution in [0.4, 0.5) is 10.2 Å². The van der Waals surface area contributed by atoms with Gasteiger partial charge in [0.15, 0.2) is 0 Å². The van der Waals surface area contributed by atoms with Gasteiger partial charge >= 0.3 is 0 Å². The molecule has 4 nitrogen and oxygen atoms in total. The summed E-state index contributed by atoms with van der Waals surface area (Å²) in [5.74, 6) is 0.864. The van der Waals surface area contributed by atoms with Crippen LogP contribution < -0.4 is 4.90 Å². The molecule has 122 valence electrons. The Balaban J connectivity index is 1.64. The van der Waals surface area contributed by atoms with Gasteiger partial charge in [-0.25, -0.2) is 14.4 Å². The average molecular weight is 379 g/mol. The smallest absolute Gasteiger partial charge is 0.141 e. The third kappa shape index (κ3) is 3.53. The molecule has 1 aliphatic rings. The van der Waals surface area contributed by atoms with E-state index in [0.29, 0.717) is 11.0 Å². The lowest BCUT2D eigenvalue weighted by Crippen LogP contribution is -2.46. The minimum Gasteiger partial charge on any atom is -0.354 e. The third-order valence-electron chi connectivity index (χ3n) is 4.41. The van der Waals surface area contributed by atoms with Crippen molar-refractivity contribution in [3.63, 3.8) is 0 Å². The van der Waals surface area contributed by atoms with Crippen LogP contribution >= 0.6 is 15.9 Å². The van der Waals surface area contributed by atoms with Gasteiger partial charge in [0.2, 0.25) is 0 Å². The van der Waals surface area contributed by atoms with Gasteiger partial charge in [-0.2, -0.15) is 0 Å². The van der Waals surface area contributed by atoms with Crippen LogP contribution in [0.5, 0.6) is 0 Å². The lowest BCUT2D eigenvalue weighted by atomic mass is 10.1. The second-order valence-corrected chi connectivity index (χ2v) is 6.74. The van der Waals surface area contributed by atoms with Gasteiger partial charge in [-0.15, -0.1) is 0 Å². The zero-order valence-corrected chi connectivity index (χ0v) is 15.0. The van der Waals surface area contributed by atoms with Crippen molar-refractivity contribution in [2.24, 2.45) is 0 Å². The number of hydrogen-bond acceptors (Lipinski definition) is 4. The molecule has 2 heterocycles. The van der Waals surface area contributed by atoms with E-state index in [2.05, 4.69) is 42.6 Å². The number of rotatable bonds is 3. The molecule has 1 saturated heterocycles. The van der Waals surface area contributed by atoms with Gasteiger partial charge in [-0.3, -0.25) is 4.90 Å². The molecular formula is C17H20BrFN4. The number of piperazine rings is 1. The summed E-state index contributed by atoms with van der Waals surface area (Å²) < 4.78 is 14.6. The normalized spacial score (nSPS) is 15.9. The number of aryl methyl sites for hydroxylation is 1. The molecule has 1 aromatic carbocycles. The maximum Gasteiger partial charge on any atom is 0.141 e. The first kappa shape index (κ1) is 16.3. The summed E-state index contributed by atoms with van der Waals surface area (Å²) in [5.41, 5.74) is 2.90. The Morgan fingerprint density at radius 3 is 2.61 bits per heavy atom. The summed E-state index contributed by atoms with van der Waals surface area (Å²) in [6.07, 6.45) is 1.63. The fourth-order valence-electron chi connectivity index (χ4n) is 2.87. The molecule has 3 rings (SSSR count). The van der Waals surface area contributed by atoms with Crippen molar-refractivity contribution in [1.82, 2.24) is 14.9 Å². The minimum absolute atomic E-state index is 0.155. The second kappa shape index (κ2) is 6.93. The van der Waals surface area contributed by atoms with Crippen LogP contribution in [-0.2, 0) is 6.54 Å². The van der Waals surface area contributed by atoms with Crippen molar-refractivity contribution in [2.75, 3.05) is 31.1 Å². The molecule has 0 bridgehead atoms. The molecule has 2 aromatic rings.